The molecule has 1 aliphatic heterocycles. The minimum Gasteiger partial charge on any atom is -0.449 e. The predicted molar refractivity (Wildman–Crippen MR) is 294 cm³/mol. The Morgan fingerprint density at radius 2 is 1.22 bits per heavy atom. The molecule has 4 rings (SSSR count). The Morgan fingerprint density at radius 3 is 1.81 bits per heavy atom. The van der Waals surface area contributed by atoms with Crippen molar-refractivity contribution in [1.29, 1.82) is 0 Å². The van der Waals surface area contributed by atoms with Gasteiger partial charge in [-0.2, -0.15) is 0 Å². The van der Waals surface area contributed by atoms with E-state index in [1.54, 1.807) is 20.8 Å². The lowest BCUT2D eigenvalue weighted by Gasteiger charge is -2.31. The second-order valence-corrected chi connectivity index (χ2v) is 22.7. The molecule has 2 aliphatic rings. The third-order valence-corrected chi connectivity index (χ3v) is 13.4. The zero-order valence-electron chi connectivity index (χ0n) is 47.4. The number of fused-ring (bicyclic) bond motifs is 3. The van der Waals surface area contributed by atoms with Crippen molar-refractivity contribution >= 4 is 53.4 Å². The number of nitrogens with zero attached hydrogens (tertiary/aromatic N) is 2. The van der Waals surface area contributed by atoms with Gasteiger partial charge >= 0.3 is 12.2 Å². The summed E-state index contributed by atoms with van der Waals surface area (Å²) in [4.78, 5) is 123. The van der Waals surface area contributed by atoms with E-state index in [2.05, 4.69) is 56.2 Å². The Bertz CT molecular complexity index is 2290. The first-order chi connectivity index (χ1) is 36.4. The minimum absolute atomic E-state index is 0.0284. The predicted octanol–water partition coefficient (Wildman–Crippen LogP) is 6.51. The van der Waals surface area contributed by atoms with E-state index in [-0.39, 0.29) is 87.3 Å². The van der Waals surface area contributed by atoms with Crippen LogP contribution in [0.2, 0.25) is 0 Å². The van der Waals surface area contributed by atoms with Gasteiger partial charge in [0.2, 0.25) is 35.4 Å². The van der Waals surface area contributed by atoms with Crippen LogP contribution in [0.1, 0.15) is 157 Å². The largest absolute Gasteiger partial charge is 0.449 e. The summed E-state index contributed by atoms with van der Waals surface area (Å²) in [5.74, 6) is -3.34. The van der Waals surface area contributed by atoms with Crippen LogP contribution in [0.5, 0.6) is 0 Å². The highest BCUT2D eigenvalue weighted by Gasteiger charge is 2.37. The summed E-state index contributed by atoms with van der Waals surface area (Å²) >= 11 is 0. The molecular weight excluding hydrogens is 985 g/mol. The minimum atomic E-state index is -1.09. The smallest absolute Gasteiger partial charge is 0.407 e. The lowest BCUT2D eigenvalue weighted by atomic mass is 9.98. The first-order valence-corrected chi connectivity index (χ1v) is 27.7. The molecule has 4 atom stereocenters. The van der Waals surface area contributed by atoms with Crippen molar-refractivity contribution in [3.8, 4) is 11.1 Å². The first kappa shape index (κ1) is 63.0. The number of likely N-dealkylation sites (tertiary alicyclic amines) is 1. The van der Waals surface area contributed by atoms with E-state index in [9.17, 15) is 43.2 Å². The van der Waals surface area contributed by atoms with Gasteiger partial charge in [0.15, 0.2) is 5.78 Å². The van der Waals surface area contributed by atoms with Gasteiger partial charge in [-0.3, -0.25) is 33.6 Å². The van der Waals surface area contributed by atoms with Crippen LogP contribution in [0.3, 0.4) is 0 Å². The fourth-order valence-corrected chi connectivity index (χ4v) is 9.75. The van der Waals surface area contributed by atoms with Crippen LogP contribution in [0.15, 0.2) is 48.5 Å². The van der Waals surface area contributed by atoms with Crippen LogP contribution in [-0.4, -0.2) is 139 Å². The fraction of sp³-hybridized carbons (Fsp3) is 0.638. The summed E-state index contributed by atoms with van der Waals surface area (Å²) in [6.45, 7) is 18.7. The van der Waals surface area contributed by atoms with E-state index in [1.807, 2.05) is 65.8 Å². The molecule has 0 spiro atoms. The number of hydrogen-bond donors (Lipinski definition) is 6. The zero-order valence-corrected chi connectivity index (χ0v) is 47.4. The SMILES string of the molecule is CC(=O)N1CCC[C@H]1C(=O)N[C@@H](CC(C)C)C(=O)N(CCCCNC(=O)OC(C)(C)C)CC(=O)N[C@@H](CC(C)C)C(=O)N[C@@H](CC(C)C)C(=O)NCC(=O)CCCCCNC(=O)OCC1c2ccccc2-c2ccccc21. The number of rotatable bonds is 30. The molecule has 0 radical (unpaired) electrons. The van der Waals surface area contributed by atoms with E-state index >= 15 is 0 Å². The summed E-state index contributed by atoms with van der Waals surface area (Å²) in [6, 6.07) is 12.4. The average molecular weight is 1070 g/mol. The molecule has 2 aromatic carbocycles. The Labute approximate surface area is 456 Å². The number of alkyl carbamates (subject to hydrolysis) is 2. The topological polar surface area (TPSA) is 251 Å². The van der Waals surface area contributed by atoms with Gasteiger partial charge in [0.25, 0.3) is 0 Å². The van der Waals surface area contributed by atoms with Crippen molar-refractivity contribution in [3.63, 3.8) is 0 Å². The van der Waals surface area contributed by atoms with Gasteiger partial charge in [0.05, 0.1) is 13.1 Å². The highest BCUT2D eigenvalue weighted by Crippen LogP contribution is 2.44. The summed E-state index contributed by atoms with van der Waals surface area (Å²) in [5.41, 5.74) is 3.88. The van der Waals surface area contributed by atoms with Gasteiger partial charge in [-0.25, -0.2) is 9.59 Å². The number of nitrogens with one attached hydrogen (secondary N) is 6. The van der Waals surface area contributed by atoms with Gasteiger partial charge in [0.1, 0.15) is 36.4 Å². The van der Waals surface area contributed by atoms with Gasteiger partial charge in [-0.15, -0.1) is 0 Å². The normalized spacial score (nSPS) is 15.2. The number of ether oxygens (including phenoxy) is 2. The van der Waals surface area contributed by atoms with Crippen LogP contribution in [-0.2, 0) is 43.0 Å². The lowest BCUT2D eigenvalue weighted by molar-refractivity contribution is -0.142. The lowest BCUT2D eigenvalue weighted by Crippen LogP contribution is -2.57. The number of amides is 8. The van der Waals surface area contributed by atoms with Crippen molar-refractivity contribution in [1.82, 2.24) is 41.7 Å². The van der Waals surface area contributed by atoms with Crippen LogP contribution in [0.25, 0.3) is 11.1 Å². The quantitative estimate of drug-likeness (QED) is 0.0460. The number of benzene rings is 2. The number of carbonyl (C=O) groups excluding carboxylic acids is 9. The van der Waals surface area contributed by atoms with Crippen LogP contribution >= 0.6 is 0 Å². The third kappa shape index (κ3) is 21.4. The molecule has 1 aliphatic carbocycles. The van der Waals surface area contributed by atoms with Crippen LogP contribution < -0.4 is 31.9 Å². The standard InChI is InChI=1S/C58H88N8O11/c1-37(2)31-47(52(70)61-34-41(68)21-12-11-17-27-59-56(74)76-36-46-44-24-15-13-22-42(44)43-23-14-16-25-45(43)46)63-53(71)48(32-38(3)4)62-51(69)35-65(29-19-18-28-60-57(75)77-58(8,9)10)55(73)49(33-39(5)6)64-54(72)50-26-20-30-66(50)40(7)67/h13-16,22-25,37-39,46-50H,11-12,17-21,26-36H2,1-10H3,(H,59,74)(H,60,75)(H,61,70)(H,62,69)(H,63,71)(H,64,72)/t47-,48-,49-,50-/m0/s1. The molecule has 19 nitrogen and oxygen atoms in total. The number of Topliss-reactive ketones (excluding diaryl/α,β-unsaturated/α-hetero) is 1. The molecule has 2 aromatic rings. The maximum Gasteiger partial charge on any atom is 0.407 e. The first-order valence-electron chi connectivity index (χ1n) is 27.7. The van der Waals surface area contributed by atoms with Crippen molar-refractivity contribution in [3.05, 3.63) is 59.7 Å². The molecule has 1 saturated heterocycles. The molecule has 8 amide bonds. The number of unbranched alkanes of at least 4 members (excludes halogenated alkanes) is 3. The number of hydrogen-bond acceptors (Lipinski definition) is 11. The van der Waals surface area contributed by atoms with E-state index in [4.69, 9.17) is 9.47 Å². The van der Waals surface area contributed by atoms with E-state index in [1.165, 1.54) is 16.7 Å². The summed E-state index contributed by atoms with van der Waals surface area (Å²) < 4.78 is 10.9. The Hall–Kier alpha value is -6.53. The molecule has 1 heterocycles. The molecule has 77 heavy (non-hydrogen) atoms. The monoisotopic (exact) mass is 1070 g/mol. The summed E-state index contributed by atoms with van der Waals surface area (Å²) in [7, 11) is 0. The van der Waals surface area contributed by atoms with Crippen molar-refractivity contribution < 1.29 is 52.6 Å². The molecule has 0 bridgehead atoms. The van der Waals surface area contributed by atoms with Crippen molar-refractivity contribution in [2.75, 3.05) is 45.9 Å². The van der Waals surface area contributed by atoms with E-state index < -0.39 is 78.0 Å². The van der Waals surface area contributed by atoms with Gasteiger partial charge < -0.3 is 51.2 Å². The number of ketones is 1. The van der Waals surface area contributed by atoms with E-state index in [0.717, 1.165) is 22.3 Å². The van der Waals surface area contributed by atoms with Crippen LogP contribution in [0, 0.1) is 17.8 Å². The Morgan fingerprint density at radius 1 is 0.662 bits per heavy atom. The highest BCUT2D eigenvalue weighted by molar-refractivity contribution is 5.96. The zero-order chi connectivity index (χ0) is 56.8. The van der Waals surface area contributed by atoms with E-state index in [0.29, 0.717) is 58.0 Å². The fourth-order valence-electron chi connectivity index (χ4n) is 9.75. The molecule has 0 saturated carbocycles. The molecule has 6 N–H and O–H groups in total. The highest BCUT2D eigenvalue weighted by atomic mass is 16.6. The summed E-state index contributed by atoms with van der Waals surface area (Å²) in [5, 5.41) is 16.7. The maximum atomic E-state index is 14.5. The van der Waals surface area contributed by atoms with Gasteiger partial charge in [0, 0.05) is 45.4 Å². The van der Waals surface area contributed by atoms with Gasteiger partial charge in [-0.05, 0) is 119 Å². The average Bonchev–Trinajstić information content (AvgIpc) is 3.98. The molecule has 0 unspecified atom stereocenters. The summed E-state index contributed by atoms with van der Waals surface area (Å²) in [6.07, 6.45) is 3.57. The maximum absolute atomic E-state index is 14.5. The van der Waals surface area contributed by atoms with Crippen molar-refractivity contribution in [2.45, 2.75) is 176 Å². The second-order valence-electron chi connectivity index (χ2n) is 22.7. The molecule has 0 aromatic heterocycles. The molecule has 426 valence electrons. The third-order valence-electron chi connectivity index (χ3n) is 13.4. The molecule has 1 fully saturated rings. The van der Waals surface area contributed by atoms with Gasteiger partial charge in [-0.1, -0.05) is 96.5 Å². The molecular formula is C58H88N8O11. The second kappa shape index (κ2) is 31.0. The number of carbonyl (C=O) groups is 9. The van der Waals surface area contributed by atoms with Crippen molar-refractivity contribution in [2.24, 2.45) is 17.8 Å². The Balaban J connectivity index is 1.30. The van der Waals surface area contributed by atoms with Crippen LogP contribution in [0.4, 0.5) is 9.59 Å². The molecule has 19 heteroatoms. The Kier molecular flexibility index (Phi) is 25.4.